The first-order valence-electron chi connectivity index (χ1n) is 10.1. The third kappa shape index (κ3) is 5.04. The topological polar surface area (TPSA) is 115 Å². The summed E-state index contributed by atoms with van der Waals surface area (Å²) in [7, 11) is 0. The van der Waals surface area contributed by atoms with Crippen LogP contribution in [0.3, 0.4) is 0 Å². The van der Waals surface area contributed by atoms with Crippen LogP contribution in [0.25, 0.3) is 0 Å². The molecule has 4 rings (SSSR count). The van der Waals surface area contributed by atoms with E-state index < -0.39 is 11.5 Å². The predicted octanol–water partition coefficient (Wildman–Crippen LogP) is 0.0820. The van der Waals surface area contributed by atoms with Crippen molar-refractivity contribution in [3.05, 3.63) is 23.9 Å². The van der Waals surface area contributed by atoms with E-state index in [9.17, 15) is 9.90 Å². The molecule has 0 saturated carbocycles. The molecule has 1 aromatic heterocycles. The minimum Gasteiger partial charge on any atom is -0.483 e. The second-order valence-corrected chi connectivity index (χ2v) is 7.76. The monoisotopic (exact) mass is 406 g/mol. The summed E-state index contributed by atoms with van der Waals surface area (Å²) in [6, 6.07) is 4.17. The lowest BCUT2D eigenvalue weighted by Gasteiger charge is -2.47. The molecule has 9 heteroatoms. The summed E-state index contributed by atoms with van der Waals surface area (Å²) >= 11 is 0. The third-order valence-corrected chi connectivity index (χ3v) is 5.96. The predicted molar refractivity (Wildman–Crippen MR) is 107 cm³/mol. The van der Waals surface area contributed by atoms with Crippen LogP contribution in [0.5, 0.6) is 0 Å². The van der Waals surface area contributed by atoms with Crippen molar-refractivity contribution < 1.29 is 24.5 Å². The second kappa shape index (κ2) is 10.00. The highest BCUT2D eigenvalue weighted by Crippen LogP contribution is 2.38. The van der Waals surface area contributed by atoms with Crippen LogP contribution in [0.2, 0.25) is 0 Å². The number of morpholine rings is 1. The number of carboxylic acid groups (broad SMARTS) is 1. The van der Waals surface area contributed by atoms with Gasteiger partial charge in [-0.3, -0.25) is 14.5 Å². The first-order valence-corrected chi connectivity index (χ1v) is 10.1. The molecule has 2 atom stereocenters. The second-order valence-electron chi connectivity index (χ2n) is 7.76. The highest BCUT2D eigenvalue weighted by molar-refractivity contribution is 5.85. The number of piperidine rings is 2. The fourth-order valence-electron chi connectivity index (χ4n) is 4.35. The van der Waals surface area contributed by atoms with E-state index in [-0.39, 0.29) is 12.4 Å². The Morgan fingerprint density at radius 2 is 2.07 bits per heavy atom. The molecule has 3 aliphatic heterocycles. The van der Waals surface area contributed by atoms with Crippen molar-refractivity contribution in [3.8, 4) is 0 Å². The normalized spacial score (nSPS) is 27.7. The molecule has 1 spiro atoms. The number of aliphatic hydroxyl groups excluding tert-OH is 1. The van der Waals surface area contributed by atoms with E-state index in [1.165, 1.54) is 5.56 Å². The molecule has 0 bridgehead atoms. The number of rotatable bonds is 3. The van der Waals surface area contributed by atoms with Crippen molar-refractivity contribution in [3.63, 3.8) is 0 Å². The summed E-state index contributed by atoms with van der Waals surface area (Å²) in [5.41, 5.74) is 0.503. The van der Waals surface area contributed by atoms with E-state index in [2.05, 4.69) is 26.2 Å². The number of anilines is 1. The smallest absolute Gasteiger partial charge is 0.290 e. The molecule has 9 nitrogen and oxygen atoms in total. The van der Waals surface area contributed by atoms with Gasteiger partial charge < -0.3 is 25.2 Å². The Kier molecular flexibility index (Phi) is 7.40. The molecule has 3 N–H and O–H groups in total. The van der Waals surface area contributed by atoms with Crippen LogP contribution in [0, 0.1) is 5.41 Å². The molecule has 4 heterocycles. The summed E-state index contributed by atoms with van der Waals surface area (Å²) < 4.78 is 5.39. The van der Waals surface area contributed by atoms with Crippen LogP contribution < -0.4 is 10.2 Å². The molecule has 3 fully saturated rings. The number of nitrogens with one attached hydrogen (secondary N) is 1. The Hall–Kier alpha value is -2.23. The average molecular weight is 406 g/mol. The molecular weight excluding hydrogens is 376 g/mol. The largest absolute Gasteiger partial charge is 0.483 e. The first-order chi connectivity index (χ1) is 14.1. The number of hydrogen-bond acceptors (Lipinski definition) is 7. The van der Waals surface area contributed by atoms with Crippen LogP contribution in [0.15, 0.2) is 18.3 Å². The quantitative estimate of drug-likeness (QED) is 0.605. The number of hydrogen-bond donors (Lipinski definition) is 3. The van der Waals surface area contributed by atoms with Crippen molar-refractivity contribution in [2.75, 3.05) is 50.8 Å². The molecule has 160 valence electrons. The van der Waals surface area contributed by atoms with Crippen molar-refractivity contribution in [2.45, 2.75) is 31.9 Å². The lowest BCUT2D eigenvalue weighted by atomic mass is 9.71. The van der Waals surface area contributed by atoms with Gasteiger partial charge in [-0.2, -0.15) is 0 Å². The maximum Gasteiger partial charge on any atom is 0.290 e. The minimum atomic E-state index is -0.690. The lowest BCUT2D eigenvalue weighted by molar-refractivity contribution is -0.142. The Labute approximate surface area is 170 Å². The lowest BCUT2D eigenvalue weighted by Crippen LogP contribution is -2.61. The zero-order valence-electron chi connectivity index (χ0n) is 16.6. The standard InChI is InChI=1S/C19H28N4O3.CH2O2/c24-16-4-7-23(14-19(16)5-1-6-20-18(19)25)17-3-2-15(12-21-17)13-22-8-10-26-11-9-22;2-1-3/h2-3,12,16,24H,1,4-11,13-14H2,(H,20,25);1H,(H,2,3)/t16-,19+;/m0./s1. The van der Waals surface area contributed by atoms with Gasteiger partial charge in [0.05, 0.1) is 24.7 Å². The van der Waals surface area contributed by atoms with Gasteiger partial charge in [0.25, 0.3) is 6.47 Å². The van der Waals surface area contributed by atoms with Gasteiger partial charge in [0.2, 0.25) is 5.91 Å². The van der Waals surface area contributed by atoms with Crippen LogP contribution >= 0.6 is 0 Å². The molecule has 3 aliphatic rings. The third-order valence-electron chi connectivity index (χ3n) is 5.96. The van der Waals surface area contributed by atoms with Crippen molar-refractivity contribution in [2.24, 2.45) is 5.41 Å². The van der Waals surface area contributed by atoms with Crippen LogP contribution in [-0.2, 0) is 20.9 Å². The van der Waals surface area contributed by atoms with E-state index in [1.807, 2.05) is 12.3 Å². The number of carbonyl (C=O) groups excluding carboxylic acids is 1. The Bertz CT molecular complexity index is 680. The SMILES string of the molecule is O=C1NCCC[C@]12CN(c1ccc(CN3CCOCC3)cn1)CC[C@@H]2O.O=CO. The minimum absolute atomic E-state index is 0.00936. The van der Waals surface area contributed by atoms with Gasteiger partial charge in [-0.05, 0) is 30.9 Å². The fourth-order valence-corrected chi connectivity index (χ4v) is 4.35. The van der Waals surface area contributed by atoms with Gasteiger partial charge in [0.1, 0.15) is 5.82 Å². The molecule has 0 aromatic carbocycles. The van der Waals surface area contributed by atoms with Crippen LogP contribution in [-0.4, -0.2) is 84.5 Å². The van der Waals surface area contributed by atoms with E-state index in [1.54, 1.807) is 0 Å². The molecule has 0 radical (unpaired) electrons. The molecular formula is C20H30N4O5. The fraction of sp³-hybridized carbons (Fsp3) is 0.650. The summed E-state index contributed by atoms with van der Waals surface area (Å²) in [5, 5.41) is 20.3. The number of carbonyl (C=O) groups is 2. The van der Waals surface area contributed by atoms with Crippen LogP contribution in [0.4, 0.5) is 5.82 Å². The van der Waals surface area contributed by atoms with Crippen molar-refractivity contribution >= 4 is 18.2 Å². The Morgan fingerprint density at radius 3 is 2.72 bits per heavy atom. The summed E-state index contributed by atoms with van der Waals surface area (Å²) in [6.45, 7) is 6.13. The Morgan fingerprint density at radius 1 is 1.31 bits per heavy atom. The Balaban J connectivity index is 0.000000755. The number of ether oxygens (including phenoxy) is 1. The molecule has 3 saturated heterocycles. The number of amides is 1. The molecule has 29 heavy (non-hydrogen) atoms. The molecule has 1 aromatic rings. The van der Waals surface area contributed by atoms with Crippen molar-refractivity contribution in [1.29, 1.82) is 0 Å². The van der Waals surface area contributed by atoms with Gasteiger partial charge in [-0.25, -0.2) is 4.98 Å². The molecule has 0 unspecified atom stereocenters. The number of nitrogens with zero attached hydrogens (tertiary/aromatic N) is 3. The van der Waals surface area contributed by atoms with E-state index in [4.69, 9.17) is 14.6 Å². The van der Waals surface area contributed by atoms with Crippen molar-refractivity contribution in [1.82, 2.24) is 15.2 Å². The molecule has 1 amide bonds. The van der Waals surface area contributed by atoms with Gasteiger partial charge in [-0.15, -0.1) is 0 Å². The maximum absolute atomic E-state index is 12.5. The van der Waals surface area contributed by atoms with Crippen LogP contribution in [0.1, 0.15) is 24.8 Å². The van der Waals surface area contributed by atoms with Gasteiger partial charge in [-0.1, -0.05) is 6.07 Å². The highest BCUT2D eigenvalue weighted by atomic mass is 16.5. The summed E-state index contributed by atoms with van der Waals surface area (Å²) in [6.07, 6.45) is 3.63. The first kappa shape index (κ1) is 21.5. The summed E-state index contributed by atoms with van der Waals surface area (Å²) in [5.74, 6) is 0.880. The zero-order chi connectivity index (χ0) is 20.7. The van der Waals surface area contributed by atoms with E-state index in [0.717, 1.165) is 58.1 Å². The average Bonchev–Trinajstić information content (AvgIpc) is 2.74. The van der Waals surface area contributed by atoms with Gasteiger partial charge >= 0.3 is 0 Å². The van der Waals surface area contributed by atoms with E-state index >= 15 is 0 Å². The zero-order valence-corrected chi connectivity index (χ0v) is 16.6. The maximum atomic E-state index is 12.5. The number of pyridine rings is 1. The molecule has 0 aliphatic carbocycles. The number of aromatic nitrogens is 1. The number of aliphatic hydroxyl groups is 1. The van der Waals surface area contributed by atoms with Gasteiger partial charge in [0.15, 0.2) is 0 Å². The highest BCUT2D eigenvalue weighted by Gasteiger charge is 2.50. The van der Waals surface area contributed by atoms with Gasteiger partial charge in [0, 0.05) is 45.5 Å². The summed E-state index contributed by atoms with van der Waals surface area (Å²) in [4.78, 5) is 30.0. The van der Waals surface area contributed by atoms with E-state index in [0.29, 0.717) is 19.5 Å².